The fraction of sp³-hybridized carbons (Fsp3) is 0.357. The van der Waals surface area contributed by atoms with E-state index in [0.29, 0.717) is 18.6 Å². The number of alkyl halides is 3. The quantitative estimate of drug-likeness (QED) is 0.874. The third-order valence-electron chi connectivity index (χ3n) is 3.78. The second kappa shape index (κ2) is 4.34. The Labute approximate surface area is 113 Å². The maximum atomic E-state index is 12.9. The van der Waals surface area contributed by atoms with E-state index in [0.717, 1.165) is 5.56 Å². The number of aromatic nitrogens is 1. The van der Waals surface area contributed by atoms with Crippen LogP contribution in [0.15, 0.2) is 34.9 Å². The first-order valence-electron chi connectivity index (χ1n) is 6.29. The molecule has 0 spiro atoms. The molecule has 1 aliphatic rings. The summed E-state index contributed by atoms with van der Waals surface area (Å²) in [4.78, 5) is 0. The van der Waals surface area contributed by atoms with Crippen molar-refractivity contribution in [1.82, 2.24) is 5.16 Å². The van der Waals surface area contributed by atoms with E-state index in [1.165, 1.54) is 0 Å². The Bertz CT molecular complexity index is 621. The van der Waals surface area contributed by atoms with Gasteiger partial charge in [-0.05, 0) is 12.0 Å². The summed E-state index contributed by atoms with van der Waals surface area (Å²) >= 11 is 0. The van der Waals surface area contributed by atoms with Crippen LogP contribution >= 0.6 is 0 Å². The summed E-state index contributed by atoms with van der Waals surface area (Å²) in [6.07, 6.45) is -3.52. The number of rotatable bonds is 1. The first-order valence-corrected chi connectivity index (χ1v) is 6.29. The highest BCUT2D eigenvalue weighted by atomic mass is 19.4. The van der Waals surface area contributed by atoms with Crippen LogP contribution in [0.4, 0.5) is 13.2 Å². The fourth-order valence-corrected chi connectivity index (χ4v) is 2.70. The highest BCUT2D eigenvalue weighted by Gasteiger charge is 2.44. The predicted molar refractivity (Wildman–Crippen MR) is 65.8 cm³/mol. The first-order chi connectivity index (χ1) is 9.40. The number of aryl methyl sites for hydroxylation is 1. The molecule has 0 bridgehead atoms. The molecule has 0 aliphatic heterocycles. The van der Waals surface area contributed by atoms with Crippen LogP contribution in [-0.4, -0.2) is 5.16 Å². The summed E-state index contributed by atoms with van der Waals surface area (Å²) in [6, 6.07) is 9.19. The number of benzene rings is 1. The van der Waals surface area contributed by atoms with E-state index < -0.39 is 17.4 Å². The van der Waals surface area contributed by atoms with Crippen molar-refractivity contribution in [3.63, 3.8) is 0 Å². The summed E-state index contributed by atoms with van der Waals surface area (Å²) in [5.74, 6) is 0.300. The van der Waals surface area contributed by atoms with Gasteiger partial charge in [0.2, 0.25) is 0 Å². The van der Waals surface area contributed by atoms with Crippen LogP contribution in [0.1, 0.15) is 29.0 Å². The second-order valence-corrected chi connectivity index (χ2v) is 5.13. The average molecular weight is 282 g/mol. The minimum absolute atomic E-state index is 0.0880. The Balaban J connectivity index is 2.01. The maximum absolute atomic E-state index is 12.9. The van der Waals surface area contributed by atoms with Crippen molar-refractivity contribution >= 4 is 0 Å². The molecule has 0 saturated carbocycles. The van der Waals surface area contributed by atoms with Crippen LogP contribution in [0.3, 0.4) is 0 Å². The molecule has 1 aromatic carbocycles. The van der Waals surface area contributed by atoms with Crippen molar-refractivity contribution in [2.24, 2.45) is 5.73 Å². The number of nitrogens with zero attached hydrogens (tertiary/aromatic N) is 1. The summed E-state index contributed by atoms with van der Waals surface area (Å²) in [5, 5.41) is 3.17. The summed E-state index contributed by atoms with van der Waals surface area (Å²) in [5.41, 5.74) is 5.50. The molecular formula is C14H13F3N2O. The van der Waals surface area contributed by atoms with Gasteiger partial charge in [0.25, 0.3) is 0 Å². The summed E-state index contributed by atoms with van der Waals surface area (Å²) in [7, 11) is 0. The molecule has 1 aromatic heterocycles. The van der Waals surface area contributed by atoms with Gasteiger partial charge in [-0.3, -0.25) is 0 Å². The van der Waals surface area contributed by atoms with E-state index >= 15 is 0 Å². The molecule has 0 fully saturated rings. The first kappa shape index (κ1) is 13.2. The number of hydrogen-bond donors (Lipinski definition) is 1. The van der Waals surface area contributed by atoms with E-state index in [1.54, 1.807) is 0 Å². The largest absolute Gasteiger partial charge is 0.437 e. The standard InChI is InChI=1S/C14H13F3N2O/c15-14(16,17)12-10-8-13(18,7-6-11(10)20-19-12)9-4-2-1-3-5-9/h1-5H,6-8,18H2. The van der Waals surface area contributed by atoms with Crippen molar-refractivity contribution < 1.29 is 17.7 Å². The van der Waals surface area contributed by atoms with Crippen molar-refractivity contribution in [2.45, 2.75) is 31.0 Å². The van der Waals surface area contributed by atoms with Crippen LogP contribution < -0.4 is 5.73 Å². The lowest BCUT2D eigenvalue weighted by atomic mass is 9.76. The third kappa shape index (κ3) is 2.10. The van der Waals surface area contributed by atoms with Gasteiger partial charge in [0, 0.05) is 23.9 Å². The van der Waals surface area contributed by atoms with Crippen molar-refractivity contribution in [2.75, 3.05) is 0 Å². The van der Waals surface area contributed by atoms with Gasteiger partial charge in [-0.15, -0.1) is 0 Å². The second-order valence-electron chi connectivity index (χ2n) is 5.13. The predicted octanol–water partition coefficient (Wildman–Crippen LogP) is 3.04. The molecule has 1 heterocycles. The highest BCUT2D eigenvalue weighted by molar-refractivity contribution is 5.35. The smallest absolute Gasteiger partial charge is 0.361 e. The topological polar surface area (TPSA) is 52.0 Å². The number of nitrogens with two attached hydrogens (primary N) is 1. The normalized spacial score (nSPS) is 22.6. The lowest BCUT2D eigenvalue weighted by Crippen LogP contribution is -2.42. The van der Waals surface area contributed by atoms with Crippen LogP contribution in [-0.2, 0) is 24.6 Å². The molecule has 20 heavy (non-hydrogen) atoms. The van der Waals surface area contributed by atoms with Crippen LogP contribution in [0.5, 0.6) is 0 Å². The molecule has 0 radical (unpaired) electrons. The monoisotopic (exact) mass is 282 g/mol. The van der Waals surface area contributed by atoms with Crippen molar-refractivity contribution in [3.05, 3.63) is 52.9 Å². The molecular weight excluding hydrogens is 269 g/mol. The van der Waals surface area contributed by atoms with E-state index in [9.17, 15) is 13.2 Å². The minimum atomic E-state index is -4.51. The Kier molecular flexibility index (Phi) is 2.86. The molecule has 1 unspecified atom stereocenters. The van der Waals surface area contributed by atoms with Crippen LogP contribution in [0, 0.1) is 0 Å². The molecule has 106 valence electrons. The highest BCUT2D eigenvalue weighted by Crippen LogP contribution is 2.40. The van der Waals surface area contributed by atoms with Crippen molar-refractivity contribution in [1.29, 1.82) is 0 Å². The number of fused-ring (bicyclic) bond motifs is 1. The van der Waals surface area contributed by atoms with E-state index in [1.807, 2.05) is 30.3 Å². The Morgan fingerprint density at radius 2 is 1.90 bits per heavy atom. The SMILES string of the molecule is NC1(c2ccccc2)CCc2onc(C(F)(F)F)c2C1. The van der Waals surface area contributed by atoms with Gasteiger partial charge >= 0.3 is 6.18 Å². The fourth-order valence-electron chi connectivity index (χ4n) is 2.70. The molecule has 2 aromatic rings. The number of hydrogen-bond acceptors (Lipinski definition) is 3. The van der Waals surface area contributed by atoms with Crippen LogP contribution in [0.25, 0.3) is 0 Å². The van der Waals surface area contributed by atoms with Gasteiger partial charge in [-0.2, -0.15) is 13.2 Å². The van der Waals surface area contributed by atoms with E-state index in [4.69, 9.17) is 10.3 Å². The van der Waals surface area contributed by atoms with Crippen LogP contribution in [0.2, 0.25) is 0 Å². The van der Waals surface area contributed by atoms with Gasteiger partial charge in [0.1, 0.15) is 5.76 Å². The molecule has 0 saturated heterocycles. The molecule has 1 aliphatic carbocycles. The molecule has 6 heteroatoms. The molecule has 3 rings (SSSR count). The molecule has 3 nitrogen and oxygen atoms in total. The van der Waals surface area contributed by atoms with Gasteiger partial charge < -0.3 is 10.3 Å². The van der Waals surface area contributed by atoms with Crippen molar-refractivity contribution in [3.8, 4) is 0 Å². The zero-order valence-corrected chi connectivity index (χ0v) is 10.6. The molecule has 0 amide bonds. The third-order valence-corrected chi connectivity index (χ3v) is 3.78. The van der Waals surface area contributed by atoms with Gasteiger partial charge in [0.15, 0.2) is 5.69 Å². The lowest BCUT2D eigenvalue weighted by molar-refractivity contribution is -0.143. The van der Waals surface area contributed by atoms with Gasteiger partial charge in [0.05, 0.1) is 0 Å². The van der Waals surface area contributed by atoms with Gasteiger partial charge in [-0.25, -0.2) is 0 Å². The average Bonchev–Trinajstić information content (AvgIpc) is 2.82. The zero-order chi connectivity index (χ0) is 14.4. The Morgan fingerprint density at radius 1 is 1.20 bits per heavy atom. The summed E-state index contributed by atoms with van der Waals surface area (Å²) < 4.78 is 43.5. The Morgan fingerprint density at radius 3 is 2.55 bits per heavy atom. The zero-order valence-electron chi connectivity index (χ0n) is 10.6. The Hall–Kier alpha value is -1.82. The van der Waals surface area contributed by atoms with E-state index in [2.05, 4.69) is 5.16 Å². The lowest BCUT2D eigenvalue weighted by Gasteiger charge is -2.33. The van der Waals surface area contributed by atoms with Gasteiger partial charge in [-0.1, -0.05) is 35.5 Å². The minimum Gasteiger partial charge on any atom is -0.361 e. The number of halogens is 3. The summed E-state index contributed by atoms with van der Waals surface area (Å²) in [6.45, 7) is 0. The van der Waals surface area contributed by atoms with E-state index in [-0.39, 0.29) is 12.0 Å². The maximum Gasteiger partial charge on any atom is 0.437 e. The molecule has 1 atom stereocenters. The molecule has 2 N–H and O–H groups in total.